The molecule has 0 aromatic carbocycles. The molecule has 22 heavy (non-hydrogen) atoms. The van der Waals surface area contributed by atoms with E-state index >= 15 is 0 Å². The van der Waals surface area contributed by atoms with Gasteiger partial charge in [0.25, 0.3) is 0 Å². The number of hydrogen-bond donors (Lipinski definition) is 5. The predicted octanol–water partition coefficient (Wildman–Crippen LogP) is 1.11. The first-order valence-corrected chi connectivity index (χ1v) is 8.47. The molecule has 7 heteroatoms. The van der Waals surface area contributed by atoms with Crippen LogP contribution in [0.5, 0.6) is 0 Å². The summed E-state index contributed by atoms with van der Waals surface area (Å²) in [6.45, 7) is 2.80. The summed E-state index contributed by atoms with van der Waals surface area (Å²) in [5, 5.41) is 30.5. The van der Waals surface area contributed by atoms with E-state index in [0.29, 0.717) is 32.2 Å². The van der Waals surface area contributed by atoms with Crippen molar-refractivity contribution in [2.75, 3.05) is 6.54 Å². The van der Waals surface area contributed by atoms with E-state index in [1.807, 2.05) is 0 Å². The first-order valence-electron chi connectivity index (χ1n) is 8.47. The first kappa shape index (κ1) is 19.4. The Hall–Kier alpha value is -0.625. The molecule has 0 heterocycles. The second-order valence-electron chi connectivity index (χ2n) is 6.75. The Balaban J connectivity index is 2.32. The zero-order valence-electron chi connectivity index (χ0n) is 13.7. The van der Waals surface area contributed by atoms with E-state index in [1.165, 1.54) is 25.7 Å². The maximum atomic E-state index is 11.4. The maximum Gasteiger partial charge on any atom is 0.451 e. The Kier molecular flexibility index (Phi) is 7.83. The van der Waals surface area contributed by atoms with Gasteiger partial charge in [0, 0.05) is 5.54 Å². The molecule has 0 saturated heterocycles. The van der Waals surface area contributed by atoms with Gasteiger partial charge in [0.15, 0.2) is 0 Å². The summed E-state index contributed by atoms with van der Waals surface area (Å²) in [7, 11) is -1.33. The average molecular weight is 314 g/mol. The number of carbonyl (C=O) groups is 1. The van der Waals surface area contributed by atoms with Crippen molar-refractivity contribution in [2.24, 2.45) is 5.73 Å². The highest BCUT2D eigenvalue weighted by atomic mass is 16.4. The van der Waals surface area contributed by atoms with Crippen molar-refractivity contribution in [3.05, 3.63) is 0 Å². The normalized spacial score (nSPS) is 18.7. The Labute approximate surface area is 133 Å². The second kappa shape index (κ2) is 8.86. The smallest absolute Gasteiger partial charge is 0.451 e. The molecule has 0 aromatic heterocycles. The number of aliphatic carboxylic acids is 1. The van der Waals surface area contributed by atoms with E-state index in [2.05, 4.69) is 12.2 Å². The van der Waals surface area contributed by atoms with E-state index in [0.717, 1.165) is 6.42 Å². The molecule has 6 nitrogen and oxygen atoms in total. The van der Waals surface area contributed by atoms with E-state index in [1.54, 1.807) is 0 Å². The third-order valence-electron chi connectivity index (χ3n) is 4.69. The monoisotopic (exact) mass is 314 g/mol. The van der Waals surface area contributed by atoms with Gasteiger partial charge in [-0.3, -0.25) is 4.79 Å². The van der Waals surface area contributed by atoms with Crippen molar-refractivity contribution in [1.82, 2.24) is 5.32 Å². The fourth-order valence-electron chi connectivity index (χ4n) is 2.84. The number of unbranched alkanes of at least 4 members (excludes halogenated alkanes) is 2. The third-order valence-corrected chi connectivity index (χ3v) is 4.69. The number of carboxylic acids is 1. The average Bonchev–Trinajstić information content (AvgIpc) is 3.21. The van der Waals surface area contributed by atoms with Crippen LogP contribution in [0.1, 0.15) is 64.7 Å². The largest absolute Gasteiger partial charge is 0.480 e. The van der Waals surface area contributed by atoms with Gasteiger partial charge in [-0.05, 0) is 45.0 Å². The van der Waals surface area contributed by atoms with E-state index in [9.17, 15) is 9.90 Å². The van der Waals surface area contributed by atoms with Crippen LogP contribution >= 0.6 is 0 Å². The van der Waals surface area contributed by atoms with Crippen molar-refractivity contribution in [2.45, 2.75) is 82.1 Å². The van der Waals surface area contributed by atoms with Crippen molar-refractivity contribution in [1.29, 1.82) is 0 Å². The summed E-state index contributed by atoms with van der Waals surface area (Å²) in [6.07, 6.45) is 8.05. The molecule has 1 saturated carbocycles. The lowest BCUT2D eigenvalue weighted by Gasteiger charge is -2.26. The molecule has 1 rings (SSSR count). The van der Waals surface area contributed by atoms with E-state index in [4.69, 9.17) is 15.8 Å². The molecule has 0 spiro atoms. The van der Waals surface area contributed by atoms with Gasteiger partial charge < -0.3 is 26.2 Å². The van der Waals surface area contributed by atoms with Gasteiger partial charge >= 0.3 is 13.1 Å². The van der Waals surface area contributed by atoms with Gasteiger partial charge in [-0.2, -0.15) is 0 Å². The fraction of sp³-hybridized carbons (Fsp3) is 0.933. The molecule has 1 unspecified atom stereocenters. The van der Waals surface area contributed by atoms with Gasteiger partial charge in [0.05, 0.1) is 0 Å². The van der Waals surface area contributed by atoms with Crippen molar-refractivity contribution in [3.8, 4) is 0 Å². The van der Waals surface area contributed by atoms with Crippen LogP contribution in [0.4, 0.5) is 0 Å². The van der Waals surface area contributed by atoms with Crippen molar-refractivity contribution >= 4 is 13.1 Å². The van der Waals surface area contributed by atoms with Crippen LogP contribution in [0.3, 0.4) is 0 Å². The van der Waals surface area contributed by atoms with Crippen LogP contribution in [-0.2, 0) is 4.79 Å². The molecule has 0 bridgehead atoms. The summed E-state index contributed by atoms with van der Waals surface area (Å²) in [6, 6.07) is 0. The molecule has 1 fully saturated rings. The number of nitrogens with two attached hydrogens (primary N) is 1. The van der Waals surface area contributed by atoms with Crippen molar-refractivity contribution in [3.63, 3.8) is 0 Å². The molecule has 128 valence electrons. The van der Waals surface area contributed by atoms with Crippen LogP contribution in [0.15, 0.2) is 0 Å². The topological polar surface area (TPSA) is 116 Å². The summed E-state index contributed by atoms with van der Waals surface area (Å²) < 4.78 is 0. The van der Waals surface area contributed by atoms with Crippen LogP contribution in [-0.4, -0.2) is 45.9 Å². The number of rotatable bonds is 13. The molecular formula is C15H31BN2O4. The van der Waals surface area contributed by atoms with Crippen LogP contribution in [0, 0.1) is 0 Å². The SMILES string of the molecule is CCCCC1(NCCC(N)(CCCCB(O)O)C(=O)O)CC1. The minimum atomic E-state index is -1.33. The summed E-state index contributed by atoms with van der Waals surface area (Å²) in [5.41, 5.74) is 5.05. The molecule has 0 radical (unpaired) electrons. The second-order valence-corrected chi connectivity index (χ2v) is 6.75. The number of carboxylic acid groups (broad SMARTS) is 1. The lowest BCUT2D eigenvalue weighted by molar-refractivity contribution is -0.144. The summed E-state index contributed by atoms with van der Waals surface area (Å²) in [5.74, 6) is -0.975. The Morgan fingerprint density at radius 2 is 1.95 bits per heavy atom. The van der Waals surface area contributed by atoms with Gasteiger partial charge in [0.1, 0.15) is 5.54 Å². The number of nitrogens with one attached hydrogen (secondary N) is 1. The van der Waals surface area contributed by atoms with Crippen LogP contribution < -0.4 is 11.1 Å². The number of hydrogen-bond acceptors (Lipinski definition) is 5. The quantitative estimate of drug-likeness (QED) is 0.257. The Bertz CT molecular complexity index is 350. The minimum absolute atomic E-state index is 0.233. The highest BCUT2D eigenvalue weighted by molar-refractivity contribution is 6.40. The Morgan fingerprint density at radius 3 is 2.45 bits per heavy atom. The zero-order valence-corrected chi connectivity index (χ0v) is 13.7. The fourth-order valence-corrected chi connectivity index (χ4v) is 2.84. The standard InChI is InChI=1S/C15H31BN2O4/c1-2-3-6-14(8-9-14)18-12-10-15(17,13(19)20)7-4-5-11-16(21)22/h18,21-22H,2-12,17H2,1H3,(H,19,20). The lowest BCUT2D eigenvalue weighted by atomic mass is 9.81. The van der Waals surface area contributed by atoms with Crippen molar-refractivity contribution < 1.29 is 19.9 Å². The van der Waals surface area contributed by atoms with Gasteiger partial charge in [-0.25, -0.2) is 0 Å². The third kappa shape index (κ3) is 6.65. The zero-order chi connectivity index (χ0) is 16.6. The van der Waals surface area contributed by atoms with Gasteiger partial charge in [-0.1, -0.05) is 32.6 Å². The molecule has 0 amide bonds. The van der Waals surface area contributed by atoms with E-state index < -0.39 is 18.6 Å². The minimum Gasteiger partial charge on any atom is -0.480 e. The summed E-state index contributed by atoms with van der Waals surface area (Å²) in [4.78, 5) is 11.4. The van der Waals surface area contributed by atoms with Crippen LogP contribution in [0.25, 0.3) is 0 Å². The first-order chi connectivity index (χ1) is 10.3. The van der Waals surface area contributed by atoms with Crippen LogP contribution in [0.2, 0.25) is 6.32 Å². The molecule has 0 aliphatic heterocycles. The van der Waals surface area contributed by atoms with Gasteiger partial charge in [0.2, 0.25) is 0 Å². The molecule has 1 aliphatic carbocycles. The lowest BCUT2D eigenvalue weighted by Crippen LogP contribution is -2.50. The predicted molar refractivity (Wildman–Crippen MR) is 87.5 cm³/mol. The molecule has 1 atom stereocenters. The highest BCUT2D eigenvalue weighted by Crippen LogP contribution is 2.40. The Morgan fingerprint density at radius 1 is 1.27 bits per heavy atom. The molecule has 1 aliphatic rings. The summed E-state index contributed by atoms with van der Waals surface area (Å²) >= 11 is 0. The maximum absolute atomic E-state index is 11.4. The molecular weight excluding hydrogens is 283 g/mol. The molecule has 6 N–H and O–H groups in total. The highest BCUT2D eigenvalue weighted by Gasteiger charge is 2.42. The van der Waals surface area contributed by atoms with E-state index in [-0.39, 0.29) is 11.9 Å². The van der Waals surface area contributed by atoms with Gasteiger partial charge in [-0.15, -0.1) is 0 Å². The molecule has 0 aromatic rings.